The third-order valence-corrected chi connectivity index (χ3v) is 3.15. The summed E-state index contributed by atoms with van der Waals surface area (Å²) in [6.45, 7) is 6.30. The van der Waals surface area contributed by atoms with Crippen LogP contribution >= 0.6 is 11.6 Å². The van der Waals surface area contributed by atoms with Crippen LogP contribution in [0.3, 0.4) is 0 Å². The Bertz CT molecular complexity index is 380. The zero-order chi connectivity index (χ0) is 13.1. The first-order chi connectivity index (χ1) is 7.85. The van der Waals surface area contributed by atoms with E-state index in [1.807, 2.05) is 13.1 Å². The first-order valence-corrected chi connectivity index (χ1v) is 6.05. The predicted molar refractivity (Wildman–Crippen MR) is 70.6 cm³/mol. The summed E-state index contributed by atoms with van der Waals surface area (Å²) in [6.07, 6.45) is 0. The van der Waals surface area contributed by atoms with Crippen molar-refractivity contribution >= 4 is 11.6 Å². The molecule has 0 unspecified atom stereocenters. The molecule has 17 heavy (non-hydrogen) atoms. The van der Waals surface area contributed by atoms with Crippen LogP contribution in [0.15, 0.2) is 18.2 Å². The lowest BCUT2D eigenvalue weighted by molar-refractivity contribution is 0.210. The zero-order valence-electron chi connectivity index (χ0n) is 10.6. The van der Waals surface area contributed by atoms with E-state index in [1.54, 1.807) is 6.07 Å². The van der Waals surface area contributed by atoms with Crippen LogP contribution in [0, 0.1) is 11.2 Å². The van der Waals surface area contributed by atoms with Crippen molar-refractivity contribution < 1.29 is 4.39 Å². The molecule has 0 aliphatic rings. The van der Waals surface area contributed by atoms with E-state index in [1.165, 1.54) is 6.07 Å². The van der Waals surface area contributed by atoms with E-state index in [-0.39, 0.29) is 16.3 Å². The van der Waals surface area contributed by atoms with E-state index in [0.717, 1.165) is 12.1 Å². The number of benzene rings is 1. The van der Waals surface area contributed by atoms with Crippen LogP contribution in [-0.2, 0) is 6.54 Å². The second kappa shape index (κ2) is 5.80. The second-order valence-corrected chi connectivity index (χ2v) is 5.63. The lowest BCUT2D eigenvalue weighted by Crippen LogP contribution is -2.36. The SMILES string of the molecule is CN(Cc1cccc(F)c1Cl)CC(C)(C)CN. The van der Waals surface area contributed by atoms with Gasteiger partial charge < -0.3 is 10.6 Å². The highest BCUT2D eigenvalue weighted by Gasteiger charge is 2.18. The fourth-order valence-electron chi connectivity index (χ4n) is 1.81. The largest absolute Gasteiger partial charge is 0.330 e. The maximum atomic E-state index is 13.3. The zero-order valence-corrected chi connectivity index (χ0v) is 11.4. The summed E-state index contributed by atoms with van der Waals surface area (Å²) in [6, 6.07) is 4.89. The molecule has 1 rings (SSSR count). The Balaban J connectivity index is 2.68. The summed E-state index contributed by atoms with van der Waals surface area (Å²) in [7, 11) is 1.98. The minimum atomic E-state index is -0.365. The van der Waals surface area contributed by atoms with Gasteiger partial charge in [-0.25, -0.2) is 4.39 Å². The fourth-order valence-corrected chi connectivity index (χ4v) is 2.00. The number of hydrogen-bond acceptors (Lipinski definition) is 2. The monoisotopic (exact) mass is 258 g/mol. The van der Waals surface area contributed by atoms with Crippen molar-refractivity contribution in [3.63, 3.8) is 0 Å². The first kappa shape index (κ1) is 14.4. The van der Waals surface area contributed by atoms with E-state index >= 15 is 0 Å². The van der Waals surface area contributed by atoms with Gasteiger partial charge in [0.1, 0.15) is 5.82 Å². The van der Waals surface area contributed by atoms with E-state index in [4.69, 9.17) is 17.3 Å². The summed E-state index contributed by atoms with van der Waals surface area (Å²) in [5.74, 6) is -0.365. The number of hydrogen-bond donors (Lipinski definition) is 1. The van der Waals surface area contributed by atoms with Crippen molar-refractivity contribution in [1.29, 1.82) is 0 Å². The molecule has 4 heteroatoms. The Kier molecular flexibility index (Phi) is 4.92. The second-order valence-electron chi connectivity index (χ2n) is 5.25. The average Bonchev–Trinajstić information content (AvgIpc) is 2.24. The molecule has 2 nitrogen and oxygen atoms in total. The van der Waals surface area contributed by atoms with Gasteiger partial charge in [0.25, 0.3) is 0 Å². The van der Waals surface area contributed by atoms with Gasteiger partial charge in [0.2, 0.25) is 0 Å². The molecule has 96 valence electrons. The van der Waals surface area contributed by atoms with Gasteiger partial charge in [0.15, 0.2) is 0 Å². The minimum absolute atomic E-state index is 0.0501. The van der Waals surface area contributed by atoms with Gasteiger partial charge in [-0.3, -0.25) is 0 Å². The van der Waals surface area contributed by atoms with Crippen LogP contribution in [0.25, 0.3) is 0 Å². The fraction of sp³-hybridized carbons (Fsp3) is 0.538. The van der Waals surface area contributed by atoms with Crippen molar-refractivity contribution in [2.24, 2.45) is 11.1 Å². The smallest absolute Gasteiger partial charge is 0.142 e. The summed E-state index contributed by atoms with van der Waals surface area (Å²) >= 11 is 5.92. The highest BCUT2D eigenvalue weighted by atomic mass is 35.5. The van der Waals surface area contributed by atoms with E-state index in [0.29, 0.717) is 13.1 Å². The molecule has 1 aromatic rings. The molecule has 2 N–H and O–H groups in total. The molecule has 0 aliphatic carbocycles. The molecule has 0 bridgehead atoms. The topological polar surface area (TPSA) is 29.3 Å². The van der Waals surface area contributed by atoms with Crippen molar-refractivity contribution in [1.82, 2.24) is 4.90 Å². The summed E-state index contributed by atoms with van der Waals surface area (Å²) < 4.78 is 13.3. The molecule has 0 aliphatic heterocycles. The molecule has 0 spiro atoms. The molecule has 0 amide bonds. The van der Waals surface area contributed by atoms with Crippen LogP contribution < -0.4 is 5.73 Å². The molecular weight excluding hydrogens is 239 g/mol. The Hall–Kier alpha value is -0.640. The maximum absolute atomic E-state index is 13.3. The first-order valence-electron chi connectivity index (χ1n) is 5.67. The summed E-state index contributed by atoms with van der Waals surface area (Å²) in [5, 5.41) is 0.213. The van der Waals surface area contributed by atoms with Crippen LogP contribution in [0.5, 0.6) is 0 Å². The van der Waals surface area contributed by atoms with Crippen LogP contribution in [-0.4, -0.2) is 25.0 Å². The van der Waals surface area contributed by atoms with Crippen molar-refractivity contribution in [2.75, 3.05) is 20.1 Å². The van der Waals surface area contributed by atoms with Crippen molar-refractivity contribution in [3.8, 4) is 0 Å². The number of nitrogens with zero attached hydrogens (tertiary/aromatic N) is 1. The molecule has 0 saturated heterocycles. The third kappa shape index (κ3) is 4.26. The van der Waals surface area contributed by atoms with Crippen molar-refractivity contribution in [3.05, 3.63) is 34.6 Å². The van der Waals surface area contributed by atoms with Gasteiger partial charge in [-0.2, -0.15) is 0 Å². The van der Waals surface area contributed by atoms with Crippen LogP contribution in [0.2, 0.25) is 5.02 Å². The van der Waals surface area contributed by atoms with E-state index in [9.17, 15) is 4.39 Å². The van der Waals surface area contributed by atoms with Gasteiger partial charge in [-0.1, -0.05) is 37.6 Å². The van der Waals surface area contributed by atoms with Gasteiger partial charge >= 0.3 is 0 Å². The molecule has 0 atom stereocenters. The molecule has 0 fully saturated rings. The minimum Gasteiger partial charge on any atom is -0.330 e. The summed E-state index contributed by atoms with van der Waals surface area (Å²) in [4.78, 5) is 2.10. The third-order valence-electron chi connectivity index (χ3n) is 2.72. The predicted octanol–water partition coefficient (Wildman–Crippen LogP) is 2.90. The molecule has 0 radical (unpaired) electrons. The number of rotatable bonds is 5. The Morgan fingerprint density at radius 3 is 2.65 bits per heavy atom. The van der Waals surface area contributed by atoms with Gasteiger partial charge in [-0.15, -0.1) is 0 Å². The number of nitrogens with two attached hydrogens (primary N) is 1. The molecule has 0 heterocycles. The van der Waals surface area contributed by atoms with Crippen LogP contribution in [0.1, 0.15) is 19.4 Å². The highest BCUT2D eigenvalue weighted by Crippen LogP contribution is 2.22. The Morgan fingerprint density at radius 2 is 2.06 bits per heavy atom. The van der Waals surface area contributed by atoms with Crippen LogP contribution in [0.4, 0.5) is 4.39 Å². The van der Waals surface area contributed by atoms with E-state index < -0.39 is 0 Å². The normalized spacial score (nSPS) is 12.2. The summed E-state index contributed by atoms with van der Waals surface area (Å²) in [5.41, 5.74) is 6.55. The lowest BCUT2D eigenvalue weighted by Gasteiger charge is -2.29. The average molecular weight is 259 g/mol. The van der Waals surface area contributed by atoms with E-state index in [2.05, 4.69) is 18.7 Å². The quantitative estimate of drug-likeness (QED) is 0.880. The molecule has 0 aromatic heterocycles. The lowest BCUT2D eigenvalue weighted by atomic mass is 9.93. The maximum Gasteiger partial charge on any atom is 0.142 e. The van der Waals surface area contributed by atoms with Crippen molar-refractivity contribution in [2.45, 2.75) is 20.4 Å². The number of halogens is 2. The van der Waals surface area contributed by atoms with Gasteiger partial charge in [0.05, 0.1) is 5.02 Å². The molecule has 0 saturated carbocycles. The van der Waals surface area contributed by atoms with Gasteiger partial charge in [-0.05, 0) is 30.6 Å². The highest BCUT2D eigenvalue weighted by molar-refractivity contribution is 6.31. The van der Waals surface area contributed by atoms with Gasteiger partial charge in [0, 0.05) is 13.1 Å². The Morgan fingerprint density at radius 1 is 1.41 bits per heavy atom. The standard InChI is InChI=1S/C13H20ClFN2/c1-13(2,8-16)9-17(3)7-10-5-4-6-11(15)12(10)14/h4-6H,7-9,16H2,1-3H3. The Labute approximate surface area is 108 Å². The molecular formula is C13H20ClFN2. The molecule has 1 aromatic carbocycles.